The van der Waals surface area contributed by atoms with Gasteiger partial charge in [-0.15, -0.1) is 0 Å². The number of carbonyl (C=O) groups is 1. The van der Waals surface area contributed by atoms with E-state index in [0.717, 1.165) is 16.7 Å². The quantitative estimate of drug-likeness (QED) is 0.502. The monoisotopic (exact) mass is 470 g/mol. The molecule has 0 unspecified atom stereocenters. The first-order valence-electron chi connectivity index (χ1n) is 10.3. The maximum absolute atomic E-state index is 13.7. The van der Waals surface area contributed by atoms with E-state index in [0.29, 0.717) is 21.8 Å². The van der Waals surface area contributed by atoms with Gasteiger partial charge in [-0.1, -0.05) is 59.6 Å². The second-order valence-electron chi connectivity index (χ2n) is 7.99. The van der Waals surface area contributed by atoms with Gasteiger partial charge < -0.3 is 5.32 Å². The standard InChI is InChI=1S/C25H27ClN2O3S/c1-17-12-19(3)25(20(4)13-17)32(30,31)28(15-21-8-6-5-7-9-21)16-24(29)27-23-11-10-22(26)14-18(23)2/h5-14H,15-16H2,1-4H3,(H,27,29). The van der Waals surface area contributed by atoms with Gasteiger partial charge in [-0.2, -0.15) is 4.31 Å². The molecule has 0 aliphatic carbocycles. The van der Waals surface area contributed by atoms with E-state index in [1.54, 1.807) is 32.0 Å². The van der Waals surface area contributed by atoms with Crippen molar-refractivity contribution in [1.82, 2.24) is 4.31 Å². The van der Waals surface area contributed by atoms with Crippen LogP contribution in [0.2, 0.25) is 5.02 Å². The van der Waals surface area contributed by atoms with Crippen molar-refractivity contribution in [2.24, 2.45) is 0 Å². The van der Waals surface area contributed by atoms with Crippen LogP contribution in [0.5, 0.6) is 0 Å². The Morgan fingerprint density at radius 2 is 1.53 bits per heavy atom. The highest BCUT2D eigenvalue weighted by atomic mass is 35.5. The Morgan fingerprint density at radius 1 is 0.906 bits per heavy atom. The third-order valence-electron chi connectivity index (χ3n) is 5.19. The van der Waals surface area contributed by atoms with Crippen molar-refractivity contribution < 1.29 is 13.2 Å². The van der Waals surface area contributed by atoms with Crippen molar-refractivity contribution in [3.05, 3.63) is 93.5 Å². The van der Waals surface area contributed by atoms with Gasteiger partial charge in [0, 0.05) is 17.3 Å². The fourth-order valence-corrected chi connectivity index (χ4v) is 5.86. The van der Waals surface area contributed by atoms with Crippen LogP contribution in [0.3, 0.4) is 0 Å². The Bertz CT molecular complexity index is 1220. The molecule has 0 aliphatic rings. The molecule has 7 heteroatoms. The zero-order valence-corrected chi connectivity index (χ0v) is 20.2. The molecule has 3 aromatic carbocycles. The molecule has 0 spiro atoms. The average Bonchev–Trinajstić information content (AvgIpc) is 2.69. The first kappa shape index (κ1) is 24.0. The molecule has 168 valence electrons. The molecule has 32 heavy (non-hydrogen) atoms. The lowest BCUT2D eigenvalue weighted by atomic mass is 10.1. The molecule has 0 radical (unpaired) electrons. The summed E-state index contributed by atoms with van der Waals surface area (Å²) in [7, 11) is -3.93. The van der Waals surface area contributed by atoms with E-state index in [4.69, 9.17) is 11.6 Å². The molecule has 0 saturated carbocycles. The number of rotatable bonds is 7. The fourth-order valence-electron chi connectivity index (χ4n) is 3.83. The van der Waals surface area contributed by atoms with E-state index < -0.39 is 15.9 Å². The third-order valence-corrected chi connectivity index (χ3v) is 7.52. The van der Waals surface area contributed by atoms with Crippen LogP contribution in [0.25, 0.3) is 0 Å². The van der Waals surface area contributed by atoms with Crippen molar-refractivity contribution in [1.29, 1.82) is 0 Å². The Hall–Kier alpha value is -2.67. The summed E-state index contributed by atoms with van der Waals surface area (Å²) in [6, 6.07) is 18.1. The van der Waals surface area contributed by atoms with Crippen molar-refractivity contribution in [3.8, 4) is 0 Å². The number of benzene rings is 3. The van der Waals surface area contributed by atoms with Gasteiger partial charge in [0.05, 0.1) is 11.4 Å². The lowest BCUT2D eigenvalue weighted by molar-refractivity contribution is -0.116. The minimum Gasteiger partial charge on any atom is -0.325 e. The molecular weight excluding hydrogens is 444 g/mol. The van der Waals surface area contributed by atoms with E-state index in [-0.39, 0.29) is 18.0 Å². The number of aryl methyl sites for hydroxylation is 4. The zero-order valence-electron chi connectivity index (χ0n) is 18.6. The normalized spacial score (nSPS) is 11.6. The average molecular weight is 471 g/mol. The summed E-state index contributed by atoms with van der Waals surface area (Å²) >= 11 is 6.00. The first-order chi connectivity index (χ1) is 15.1. The molecule has 3 rings (SSSR count). The van der Waals surface area contributed by atoms with Crippen LogP contribution in [0.1, 0.15) is 27.8 Å². The van der Waals surface area contributed by atoms with Crippen LogP contribution in [0.4, 0.5) is 5.69 Å². The van der Waals surface area contributed by atoms with Gasteiger partial charge in [-0.25, -0.2) is 8.42 Å². The minimum atomic E-state index is -3.93. The van der Waals surface area contributed by atoms with Crippen molar-refractivity contribution in [3.63, 3.8) is 0 Å². The molecular formula is C25H27ClN2O3S. The van der Waals surface area contributed by atoms with Crippen LogP contribution >= 0.6 is 11.6 Å². The predicted molar refractivity (Wildman–Crippen MR) is 130 cm³/mol. The van der Waals surface area contributed by atoms with E-state index in [1.165, 1.54) is 4.31 Å². The molecule has 0 bridgehead atoms. The number of anilines is 1. The largest absolute Gasteiger partial charge is 0.325 e. The number of nitrogens with one attached hydrogen (secondary N) is 1. The van der Waals surface area contributed by atoms with Gasteiger partial charge >= 0.3 is 0 Å². The molecule has 0 aliphatic heterocycles. The molecule has 0 heterocycles. The number of halogens is 1. The highest BCUT2D eigenvalue weighted by Gasteiger charge is 2.30. The number of sulfonamides is 1. The van der Waals surface area contributed by atoms with Gasteiger partial charge in [0.25, 0.3) is 0 Å². The number of hydrogen-bond acceptors (Lipinski definition) is 3. The van der Waals surface area contributed by atoms with Crippen LogP contribution in [-0.2, 0) is 21.4 Å². The molecule has 0 atom stereocenters. The molecule has 1 N–H and O–H groups in total. The van der Waals surface area contributed by atoms with Crippen LogP contribution in [0.15, 0.2) is 65.6 Å². The molecule has 3 aromatic rings. The van der Waals surface area contributed by atoms with E-state index in [1.807, 2.05) is 56.3 Å². The Balaban J connectivity index is 1.96. The lowest BCUT2D eigenvalue weighted by Crippen LogP contribution is -2.38. The molecule has 0 fully saturated rings. The second-order valence-corrected chi connectivity index (χ2v) is 10.3. The Morgan fingerprint density at radius 3 is 2.12 bits per heavy atom. The maximum atomic E-state index is 13.7. The van der Waals surface area contributed by atoms with Crippen molar-refractivity contribution in [2.45, 2.75) is 39.1 Å². The number of amides is 1. The summed E-state index contributed by atoms with van der Waals surface area (Å²) in [6.45, 7) is 7.10. The second kappa shape index (κ2) is 9.86. The lowest BCUT2D eigenvalue weighted by Gasteiger charge is -2.24. The number of hydrogen-bond donors (Lipinski definition) is 1. The van der Waals surface area contributed by atoms with Crippen LogP contribution in [-0.4, -0.2) is 25.2 Å². The van der Waals surface area contributed by atoms with Gasteiger partial charge in [-0.05, 0) is 68.1 Å². The smallest absolute Gasteiger partial charge is 0.244 e. The zero-order chi connectivity index (χ0) is 23.5. The fraction of sp³-hybridized carbons (Fsp3) is 0.240. The van der Waals surface area contributed by atoms with E-state index in [9.17, 15) is 13.2 Å². The summed E-state index contributed by atoms with van der Waals surface area (Å²) in [6.07, 6.45) is 0. The highest BCUT2D eigenvalue weighted by Crippen LogP contribution is 2.27. The summed E-state index contributed by atoms with van der Waals surface area (Å²) in [5.41, 5.74) is 4.51. The topological polar surface area (TPSA) is 66.5 Å². The molecule has 0 aromatic heterocycles. The number of carbonyl (C=O) groups excluding carboxylic acids is 1. The maximum Gasteiger partial charge on any atom is 0.244 e. The van der Waals surface area contributed by atoms with Gasteiger partial charge in [0.15, 0.2) is 0 Å². The Kier molecular flexibility index (Phi) is 7.39. The third kappa shape index (κ3) is 5.57. The SMILES string of the molecule is Cc1cc(C)c(S(=O)(=O)N(CC(=O)Nc2ccc(Cl)cc2C)Cc2ccccc2)c(C)c1. The Labute approximate surface area is 195 Å². The van der Waals surface area contributed by atoms with E-state index >= 15 is 0 Å². The van der Waals surface area contributed by atoms with Crippen molar-refractivity contribution in [2.75, 3.05) is 11.9 Å². The minimum absolute atomic E-state index is 0.0863. The highest BCUT2D eigenvalue weighted by molar-refractivity contribution is 7.89. The molecule has 5 nitrogen and oxygen atoms in total. The van der Waals surface area contributed by atoms with Gasteiger partial charge in [0.2, 0.25) is 15.9 Å². The van der Waals surface area contributed by atoms with Crippen molar-refractivity contribution >= 4 is 33.2 Å². The summed E-state index contributed by atoms with van der Waals surface area (Å²) in [4.78, 5) is 13.1. The van der Waals surface area contributed by atoms with Crippen LogP contribution in [0, 0.1) is 27.7 Å². The van der Waals surface area contributed by atoms with Gasteiger partial charge in [0.1, 0.15) is 0 Å². The number of nitrogens with zero attached hydrogens (tertiary/aromatic N) is 1. The van der Waals surface area contributed by atoms with E-state index in [2.05, 4.69) is 5.32 Å². The summed E-state index contributed by atoms with van der Waals surface area (Å²) in [5, 5.41) is 3.38. The summed E-state index contributed by atoms with van der Waals surface area (Å²) in [5.74, 6) is -0.419. The van der Waals surface area contributed by atoms with Crippen LogP contribution < -0.4 is 5.32 Å². The molecule has 0 saturated heterocycles. The predicted octanol–water partition coefficient (Wildman–Crippen LogP) is 5.40. The first-order valence-corrected chi connectivity index (χ1v) is 12.1. The summed E-state index contributed by atoms with van der Waals surface area (Å²) < 4.78 is 28.7. The van der Waals surface area contributed by atoms with Gasteiger partial charge in [-0.3, -0.25) is 4.79 Å². The molecule has 1 amide bonds.